The van der Waals surface area contributed by atoms with Crippen molar-refractivity contribution >= 4 is 29.4 Å². The van der Waals surface area contributed by atoms with Crippen LogP contribution in [0.3, 0.4) is 0 Å². The third-order valence-electron chi connectivity index (χ3n) is 4.53. The highest BCUT2D eigenvalue weighted by molar-refractivity contribution is 6.30. The van der Waals surface area contributed by atoms with E-state index in [1.165, 1.54) is 6.92 Å². The molecule has 1 aromatic carbocycles. The summed E-state index contributed by atoms with van der Waals surface area (Å²) in [6, 6.07) is 6.99. The maximum absolute atomic E-state index is 12.2. The number of esters is 1. The van der Waals surface area contributed by atoms with Crippen LogP contribution in [0.1, 0.15) is 25.7 Å². The fourth-order valence-corrected chi connectivity index (χ4v) is 3.10. The van der Waals surface area contributed by atoms with Crippen molar-refractivity contribution in [3.63, 3.8) is 0 Å². The second-order valence-electron chi connectivity index (χ2n) is 6.57. The standard InChI is InChI=1S/C19H21ClN4O5/c1-13(25)23-7-9-24(10-8-23)17(26)5-6-18(27)28-12-16-21-19(22-29-16)14-3-2-4-15(20)11-14/h2-4,11H,5-10,12H2,1H3. The van der Waals surface area contributed by atoms with Gasteiger partial charge >= 0.3 is 5.97 Å². The molecule has 0 atom stereocenters. The molecule has 0 aliphatic carbocycles. The first-order chi connectivity index (χ1) is 13.9. The average molecular weight is 421 g/mol. The van der Waals surface area contributed by atoms with Crippen LogP contribution in [-0.2, 0) is 25.7 Å². The van der Waals surface area contributed by atoms with Crippen molar-refractivity contribution in [3.05, 3.63) is 35.2 Å². The van der Waals surface area contributed by atoms with Crippen LogP contribution in [0.2, 0.25) is 5.02 Å². The molecule has 2 aromatic rings. The SMILES string of the molecule is CC(=O)N1CCN(C(=O)CCC(=O)OCc2nc(-c3cccc(Cl)c3)no2)CC1. The minimum atomic E-state index is -0.525. The zero-order valence-corrected chi connectivity index (χ0v) is 16.7. The quantitative estimate of drug-likeness (QED) is 0.657. The molecule has 3 rings (SSSR count). The van der Waals surface area contributed by atoms with Gasteiger partial charge in [-0.2, -0.15) is 4.98 Å². The molecule has 0 unspecified atom stereocenters. The molecule has 0 spiro atoms. The maximum atomic E-state index is 12.2. The number of hydrogen-bond acceptors (Lipinski definition) is 7. The number of amides is 2. The van der Waals surface area contributed by atoms with Gasteiger partial charge in [-0.3, -0.25) is 14.4 Å². The molecular weight excluding hydrogens is 400 g/mol. The lowest BCUT2D eigenvalue weighted by Gasteiger charge is -2.34. The molecule has 29 heavy (non-hydrogen) atoms. The summed E-state index contributed by atoms with van der Waals surface area (Å²) < 4.78 is 10.2. The number of hydrogen-bond donors (Lipinski definition) is 0. The molecule has 1 aromatic heterocycles. The first kappa shape index (κ1) is 20.8. The Labute approximate surface area is 172 Å². The lowest BCUT2D eigenvalue weighted by molar-refractivity contribution is -0.148. The fraction of sp³-hybridized carbons (Fsp3) is 0.421. The van der Waals surface area contributed by atoms with Crippen molar-refractivity contribution < 1.29 is 23.6 Å². The molecule has 10 heteroatoms. The largest absolute Gasteiger partial charge is 0.456 e. The van der Waals surface area contributed by atoms with Crippen molar-refractivity contribution in [1.82, 2.24) is 19.9 Å². The summed E-state index contributed by atoms with van der Waals surface area (Å²) in [4.78, 5) is 42.9. The average Bonchev–Trinajstić information content (AvgIpc) is 3.19. The second kappa shape index (κ2) is 9.51. The van der Waals surface area contributed by atoms with Crippen LogP contribution < -0.4 is 0 Å². The number of benzene rings is 1. The molecular formula is C19H21ClN4O5. The van der Waals surface area contributed by atoms with Crippen LogP contribution in [-0.4, -0.2) is 63.9 Å². The third kappa shape index (κ3) is 5.77. The molecule has 1 fully saturated rings. The summed E-state index contributed by atoms with van der Waals surface area (Å²) in [7, 11) is 0. The van der Waals surface area contributed by atoms with Gasteiger partial charge in [-0.1, -0.05) is 28.9 Å². The van der Waals surface area contributed by atoms with Crippen LogP contribution in [0.4, 0.5) is 0 Å². The molecule has 0 saturated carbocycles. The number of rotatable bonds is 6. The second-order valence-corrected chi connectivity index (χ2v) is 7.01. The highest BCUT2D eigenvalue weighted by atomic mass is 35.5. The molecule has 9 nitrogen and oxygen atoms in total. The van der Waals surface area contributed by atoms with Gasteiger partial charge in [-0.25, -0.2) is 0 Å². The van der Waals surface area contributed by atoms with Gasteiger partial charge in [0.25, 0.3) is 5.89 Å². The van der Waals surface area contributed by atoms with E-state index in [1.54, 1.807) is 34.1 Å². The summed E-state index contributed by atoms with van der Waals surface area (Å²) in [5.74, 6) is -0.159. The smallest absolute Gasteiger partial charge is 0.306 e. The van der Waals surface area contributed by atoms with E-state index in [0.717, 1.165) is 0 Å². The van der Waals surface area contributed by atoms with E-state index >= 15 is 0 Å². The number of halogens is 1. The van der Waals surface area contributed by atoms with Crippen molar-refractivity contribution in [2.45, 2.75) is 26.4 Å². The van der Waals surface area contributed by atoms with E-state index in [2.05, 4.69) is 10.1 Å². The van der Waals surface area contributed by atoms with Crippen LogP contribution in [0.25, 0.3) is 11.4 Å². The Morgan fingerprint density at radius 3 is 2.55 bits per heavy atom. The fourth-order valence-electron chi connectivity index (χ4n) is 2.91. The normalized spacial score (nSPS) is 14.0. The van der Waals surface area contributed by atoms with Gasteiger partial charge < -0.3 is 19.1 Å². The molecule has 2 amide bonds. The monoisotopic (exact) mass is 420 g/mol. The van der Waals surface area contributed by atoms with Crippen LogP contribution in [0.5, 0.6) is 0 Å². The molecule has 0 radical (unpaired) electrons. The first-order valence-electron chi connectivity index (χ1n) is 9.20. The lowest BCUT2D eigenvalue weighted by atomic mass is 10.2. The molecule has 1 aliphatic rings. The van der Waals surface area contributed by atoms with Gasteiger partial charge in [0.05, 0.1) is 6.42 Å². The number of aromatic nitrogens is 2. The topological polar surface area (TPSA) is 106 Å². The summed E-state index contributed by atoms with van der Waals surface area (Å²) in [6.45, 7) is 3.31. The van der Waals surface area contributed by atoms with Crippen LogP contribution >= 0.6 is 11.6 Å². The predicted molar refractivity (Wildman–Crippen MR) is 103 cm³/mol. The van der Waals surface area contributed by atoms with Gasteiger partial charge in [0.15, 0.2) is 6.61 Å². The van der Waals surface area contributed by atoms with Crippen molar-refractivity contribution in [1.29, 1.82) is 0 Å². The van der Waals surface area contributed by atoms with E-state index < -0.39 is 5.97 Å². The summed E-state index contributed by atoms with van der Waals surface area (Å²) in [5.41, 5.74) is 0.689. The molecule has 0 bridgehead atoms. The number of nitrogens with zero attached hydrogens (tertiary/aromatic N) is 4. The van der Waals surface area contributed by atoms with Gasteiger partial charge in [-0.05, 0) is 12.1 Å². The molecule has 0 N–H and O–H groups in total. The summed E-state index contributed by atoms with van der Waals surface area (Å²) in [5, 5.41) is 4.38. The van der Waals surface area contributed by atoms with Gasteiger partial charge in [-0.15, -0.1) is 0 Å². The Balaban J connectivity index is 1.40. The molecule has 154 valence electrons. The van der Waals surface area contributed by atoms with Gasteiger partial charge in [0.2, 0.25) is 17.6 Å². The molecule has 1 aliphatic heterocycles. The lowest BCUT2D eigenvalue weighted by Crippen LogP contribution is -2.50. The van der Waals surface area contributed by atoms with E-state index in [9.17, 15) is 14.4 Å². The molecule has 1 saturated heterocycles. The molecule has 2 heterocycles. The van der Waals surface area contributed by atoms with Gasteiger partial charge in [0.1, 0.15) is 0 Å². The zero-order chi connectivity index (χ0) is 20.8. The Kier molecular flexibility index (Phi) is 6.82. The highest BCUT2D eigenvalue weighted by Crippen LogP contribution is 2.20. The third-order valence-corrected chi connectivity index (χ3v) is 4.76. The number of carbonyl (C=O) groups excluding carboxylic acids is 3. The Hall–Kier alpha value is -2.94. The van der Waals surface area contributed by atoms with E-state index in [4.69, 9.17) is 20.9 Å². The Morgan fingerprint density at radius 1 is 1.14 bits per heavy atom. The van der Waals surface area contributed by atoms with Crippen molar-refractivity contribution in [3.8, 4) is 11.4 Å². The Morgan fingerprint density at radius 2 is 1.86 bits per heavy atom. The van der Waals surface area contributed by atoms with Crippen LogP contribution in [0, 0.1) is 0 Å². The number of carbonyl (C=O) groups is 3. The zero-order valence-electron chi connectivity index (χ0n) is 16.0. The van der Waals surface area contributed by atoms with Crippen molar-refractivity contribution in [2.75, 3.05) is 26.2 Å². The maximum Gasteiger partial charge on any atom is 0.306 e. The summed E-state index contributed by atoms with van der Waals surface area (Å²) in [6.07, 6.45) is 0.0115. The minimum absolute atomic E-state index is 0.000205. The van der Waals surface area contributed by atoms with E-state index in [-0.39, 0.29) is 37.2 Å². The van der Waals surface area contributed by atoms with E-state index in [1.807, 2.05) is 0 Å². The highest BCUT2D eigenvalue weighted by Gasteiger charge is 2.23. The predicted octanol–water partition coefficient (Wildman–Crippen LogP) is 1.90. The van der Waals surface area contributed by atoms with E-state index in [0.29, 0.717) is 42.6 Å². The van der Waals surface area contributed by atoms with Gasteiger partial charge in [0, 0.05) is 50.1 Å². The first-order valence-corrected chi connectivity index (χ1v) is 9.57. The van der Waals surface area contributed by atoms with Crippen LogP contribution in [0.15, 0.2) is 28.8 Å². The number of piperazine rings is 1. The minimum Gasteiger partial charge on any atom is -0.456 e. The number of ether oxygens (including phenoxy) is 1. The van der Waals surface area contributed by atoms with Crippen molar-refractivity contribution in [2.24, 2.45) is 0 Å². The summed E-state index contributed by atoms with van der Waals surface area (Å²) >= 11 is 5.94. The Bertz CT molecular complexity index is 892.